The van der Waals surface area contributed by atoms with E-state index in [4.69, 9.17) is 5.26 Å². The third-order valence-corrected chi connectivity index (χ3v) is 3.32. The van der Waals surface area contributed by atoms with Gasteiger partial charge in [-0.3, -0.25) is 0 Å². The first-order chi connectivity index (χ1) is 8.15. The quantitative estimate of drug-likeness (QED) is 0.811. The minimum absolute atomic E-state index is 0.155. The summed E-state index contributed by atoms with van der Waals surface area (Å²) in [5.74, 6) is 1.29. The number of rotatable bonds is 6. The van der Waals surface area contributed by atoms with Gasteiger partial charge < -0.3 is 5.32 Å². The van der Waals surface area contributed by atoms with Gasteiger partial charge in [-0.15, -0.1) is 0 Å². The van der Waals surface area contributed by atoms with Crippen LogP contribution in [0, 0.1) is 23.2 Å². The molecule has 0 aliphatic heterocycles. The molecule has 2 heteroatoms. The molecule has 0 amide bonds. The van der Waals surface area contributed by atoms with Crippen molar-refractivity contribution >= 4 is 0 Å². The van der Waals surface area contributed by atoms with Crippen LogP contribution in [0.15, 0.2) is 30.3 Å². The predicted octanol–water partition coefficient (Wildman–Crippen LogP) is 3.52. The van der Waals surface area contributed by atoms with Crippen LogP contribution in [0.2, 0.25) is 0 Å². The van der Waals surface area contributed by atoms with Crippen LogP contribution in [0.3, 0.4) is 0 Å². The number of hydrogen-bond acceptors (Lipinski definition) is 2. The molecule has 2 atom stereocenters. The zero-order valence-corrected chi connectivity index (χ0v) is 11.0. The standard InChI is InChI=1S/C15H22N2/c1-12(2)13(3)11-17-15(9-10-16)14-7-5-4-6-8-14/h4-8,12-13,15,17H,9,11H2,1-3H3. The lowest BCUT2D eigenvalue weighted by atomic mass is 9.97. The van der Waals surface area contributed by atoms with Crippen molar-refractivity contribution in [2.75, 3.05) is 6.54 Å². The summed E-state index contributed by atoms with van der Waals surface area (Å²) in [6.45, 7) is 7.66. The molecule has 0 saturated heterocycles. The smallest absolute Gasteiger partial charge is 0.0641 e. The van der Waals surface area contributed by atoms with E-state index in [1.54, 1.807) is 0 Å². The lowest BCUT2D eigenvalue weighted by Crippen LogP contribution is -2.28. The number of hydrogen-bond donors (Lipinski definition) is 1. The molecule has 1 rings (SSSR count). The lowest BCUT2D eigenvalue weighted by molar-refractivity contribution is 0.370. The molecule has 0 fully saturated rings. The van der Waals surface area contributed by atoms with Gasteiger partial charge in [0.2, 0.25) is 0 Å². The zero-order valence-electron chi connectivity index (χ0n) is 11.0. The van der Waals surface area contributed by atoms with E-state index in [0.717, 1.165) is 6.54 Å². The SMILES string of the molecule is CC(C)C(C)CNC(CC#N)c1ccccc1. The van der Waals surface area contributed by atoms with Crippen LogP contribution in [-0.2, 0) is 0 Å². The van der Waals surface area contributed by atoms with Crippen molar-refractivity contribution in [1.82, 2.24) is 5.32 Å². The second kappa shape index (κ2) is 7.09. The fourth-order valence-corrected chi connectivity index (χ4v) is 1.65. The van der Waals surface area contributed by atoms with Crippen LogP contribution >= 0.6 is 0 Å². The Balaban J connectivity index is 2.59. The first-order valence-corrected chi connectivity index (χ1v) is 6.30. The van der Waals surface area contributed by atoms with Crippen molar-refractivity contribution in [2.24, 2.45) is 11.8 Å². The molecule has 0 radical (unpaired) electrons. The molecule has 0 aliphatic rings. The molecule has 92 valence electrons. The highest BCUT2D eigenvalue weighted by Gasteiger charge is 2.13. The third-order valence-electron chi connectivity index (χ3n) is 3.32. The molecule has 2 unspecified atom stereocenters. The maximum absolute atomic E-state index is 8.88. The summed E-state index contributed by atoms with van der Waals surface area (Å²) in [6.07, 6.45) is 0.523. The van der Waals surface area contributed by atoms with Gasteiger partial charge in [-0.2, -0.15) is 5.26 Å². The maximum Gasteiger partial charge on any atom is 0.0641 e. The van der Waals surface area contributed by atoms with Gasteiger partial charge in [-0.1, -0.05) is 51.1 Å². The van der Waals surface area contributed by atoms with Gasteiger partial charge in [0.1, 0.15) is 0 Å². The van der Waals surface area contributed by atoms with E-state index in [1.807, 2.05) is 18.2 Å². The fourth-order valence-electron chi connectivity index (χ4n) is 1.65. The van der Waals surface area contributed by atoms with E-state index >= 15 is 0 Å². The van der Waals surface area contributed by atoms with E-state index in [9.17, 15) is 0 Å². The predicted molar refractivity (Wildman–Crippen MR) is 71.4 cm³/mol. The Hall–Kier alpha value is -1.33. The average molecular weight is 230 g/mol. The number of nitrogens with one attached hydrogen (secondary N) is 1. The Labute approximate surface area is 105 Å². The van der Waals surface area contributed by atoms with Gasteiger partial charge in [-0.05, 0) is 23.9 Å². The summed E-state index contributed by atoms with van der Waals surface area (Å²) >= 11 is 0. The molecule has 17 heavy (non-hydrogen) atoms. The van der Waals surface area contributed by atoms with E-state index in [1.165, 1.54) is 5.56 Å². The van der Waals surface area contributed by atoms with Crippen molar-refractivity contribution < 1.29 is 0 Å². The maximum atomic E-state index is 8.88. The molecule has 0 bridgehead atoms. The minimum atomic E-state index is 0.155. The average Bonchev–Trinajstić information content (AvgIpc) is 2.35. The molecule has 0 heterocycles. The van der Waals surface area contributed by atoms with E-state index in [2.05, 4.69) is 44.3 Å². The van der Waals surface area contributed by atoms with Crippen LogP contribution in [0.25, 0.3) is 0 Å². The van der Waals surface area contributed by atoms with Gasteiger partial charge in [0.25, 0.3) is 0 Å². The second-order valence-electron chi connectivity index (χ2n) is 4.96. The Morgan fingerprint density at radius 1 is 1.18 bits per heavy atom. The monoisotopic (exact) mass is 230 g/mol. The van der Waals surface area contributed by atoms with Crippen LogP contribution in [0.4, 0.5) is 0 Å². The fraction of sp³-hybridized carbons (Fsp3) is 0.533. The summed E-state index contributed by atoms with van der Waals surface area (Å²) in [4.78, 5) is 0. The highest BCUT2D eigenvalue weighted by Crippen LogP contribution is 2.17. The molecule has 0 aliphatic carbocycles. The minimum Gasteiger partial charge on any atom is -0.309 e. The summed E-state index contributed by atoms with van der Waals surface area (Å²) in [6, 6.07) is 12.6. The topological polar surface area (TPSA) is 35.8 Å². The van der Waals surface area contributed by atoms with Crippen molar-refractivity contribution in [3.05, 3.63) is 35.9 Å². The highest BCUT2D eigenvalue weighted by atomic mass is 14.9. The Kier molecular flexibility index (Phi) is 5.72. The number of benzene rings is 1. The van der Waals surface area contributed by atoms with E-state index in [0.29, 0.717) is 18.3 Å². The summed E-state index contributed by atoms with van der Waals surface area (Å²) in [7, 11) is 0. The van der Waals surface area contributed by atoms with E-state index < -0.39 is 0 Å². The van der Waals surface area contributed by atoms with Gasteiger partial charge in [-0.25, -0.2) is 0 Å². The second-order valence-corrected chi connectivity index (χ2v) is 4.96. The van der Waals surface area contributed by atoms with Gasteiger partial charge in [0, 0.05) is 6.04 Å². The van der Waals surface area contributed by atoms with Crippen molar-refractivity contribution in [2.45, 2.75) is 33.2 Å². The summed E-state index contributed by atoms with van der Waals surface area (Å²) < 4.78 is 0. The highest BCUT2D eigenvalue weighted by molar-refractivity contribution is 5.19. The molecule has 0 saturated carbocycles. The van der Waals surface area contributed by atoms with Crippen molar-refractivity contribution in [3.63, 3.8) is 0 Å². The van der Waals surface area contributed by atoms with Crippen molar-refractivity contribution in [3.8, 4) is 6.07 Å². The van der Waals surface area contributed by atoms with E-state index in [-0.39, 0.29) is 6.04 Å². The number of nitrogens with zero attached hydrogens (tertiary/aromatic N) is 1. The normalized spacial score (nSPS) is 14.3. The molecule has 0 spiro atoms. The molecular formula is C15H22N2. The van der Waals surface area contributed by atoms with Gasteiger partial charge >= 0.3 is 0 Å². The van der Waals surface area contributed by atoms with Crippen LogP contribution in [0.5, 0.6) is 0 Å². The Morgan fingerprint density at radius 2 is 1.82 bits per heavy atom. The lowest BCUT2D eigenvalue weighted by Gasteiger charge is -2.21. The molecule has 1 N–H and O–H groups in total. The van der Waals surface area contributed by atoms with Crippen LogP contribution < -0.4 is 5.32 Å². The number of nitriles is 1. The molecule has 1 aromatic rings. The van der Waals surface area contributed by atoms with Crippen LogP contribution in [-0.4, -0.2) is 6.54 Å². The zero-order chi connectivity index (χ0) is 12.7. The molecule has 1 aromatic carbocycles. The Bertz CT molecular complexity index is 351. The first-order valence-electron chi connectivity index (χ1n) is 6.30. The van der Waals surface area contributed by atoms with Crippen LogP contribution in [0.1, 0.15) is 38.8 Å². The summed E-state index contributed by atoms with van der Waals surface area (Å²) in [5, 5.41) is 12.4. The van der Waals surface area contributed by atoms with Crippen molar-refractivity contribution in [1.29, 1.82) is 5.26 Å². The summed E-state index contributed by atoms with van der Waals surface area (Å²) in [5.41, 5.74) is 1.20. The molecular weight excluding hydrogens is 208 g/mol. The largest absolute Gasteiger partial charge is 0.309 e. The van der Waals surface area contributed by atoms with Gasteiger partial charge in [0.15, 0.2) is 0 Å². The molecule has 2 nitrogen and oxygen atoms in total. The third kappa shape index (κ3) is 4.58. The first kappa shape index (κ1) is 13.7. The Morgan fingerprint density at radius 3 is 2.35 bits per heavy atom. The molecule has 0 aromatic heterocycles. The van der Waals surface area contributed by atoms with Gasteiger partial charge in [0.05, 0.1) is 12.5 Å².